The normalized spacial score (nSPS) is 19.8. The van der Waals surface area contributed by atoms with Gasteiger partial charge in [0.05, 0.1) is 0 Å². The van der Waals surface area contributed by atoms with Crippen molar-refractivity contribution in [1.29, 1.82) is 0 Å². The van der Waals surface area contributed by atoms with E-state index in [1.807, 2.05) is 0 Å². The molecular weight excluding hydrogens is 340 g/mol. The van der Waals surface area contributed by atoms with E-state index in [2.05, 4.69) is 16.1 Å². The van der Waals surface area contributed by atoms with Crippen LogP contribution in [0.3, 0.4) is 0 Å². The average molecular weight is 370 g/mol. The van der Waals surface area contributed by atoms with Crippen LogP contribution in [0.25, 0.3) is 0 Å². The van der Waals surface area contributed by atoms with Crippen LogP contribution in [0.2, 0.25) is 0 Å². The van der Waals surface area contributed by atoms with Crippen molar-refractivity contribution in [2.24, 2.45) is 11.8 Å². The number of hydrazine groups is 1. The van der Waals surface area contributed by atoms with Crippen molar-refractivity contribution in [3.05, 3.63) is 0 Å². The second-order valence-electron chi connectivity index (χ2n) is 7.27. The van der Waals surface area contributed by atoms with Gasteiger partial charge in [-0.3, -0.25) is 24.2 Å². The third kappa shape index (κ3) is 5.98. The summed E-state index contributed by atoms with van der Waals surface area (Å²) in [5.41, 5.74) is 2.67. The van der Waals surface area contributed by atoms with Gasteiger partial charge in [-0.05, 0) is 25.7 Å². The van der Waals surface area contributed by atoms with Crippen LogP contribution in [0, 0.1) is 11.8 Å². The zero-order valence-electron chi connectivity index (χ0n) is 16.0. The highest BCUT2D eigenvalue weighted by atomic mass is 16.4. The first-order valence-corrected chi connectivity index (χ1v) is 8.95. The number of aliphatic carboxylic acids is 1. The Balaban J connectivity index is 2.69. The van der Waals surface area contributed by atoms with Crippen LogP contribution in [0.1, 0.15) is 47.5 Å². The van der Waals surface area contributed by atoms with E-state index >= 15 is 0 Å². The molecule has 0 unspecified atom stereocenters. The lowest BCUT2D eigenvalue weighted by Crippen LogP contribution is -2.60. The first-order chi connectivity index (χ1) is 12.0. The summed E-state index contributed by atoms with van der Waals surface area (Å²) in [6, 6.07) is -2.41. The SMILES string of the molecule is CC(C)C(=O)N[C@H](C(=O)N[C@@H](C)C(=O)N1CCC[C@@H](C(=O)O)N1)C(C)C. The molecule has 1 aliphatic heterocycles. The Morgan fingerprint density at radius 2 is 1.65 bits per heavy atom. The first-order valence-electron chi connectivity index (χ1n) is 8.95. The van der Waals surface area contributed by atoms with Crippen molar-refractivity contribution in [3.63, 3.8) is 0 Å². The summed E-state index contributed by atoms with van der Waals surface area (Å²) in [6.07, 6.45) is 1.01. The van der Waals surface area contributed by atoms with Gasteiger partial charge in [0.25, 0.3) is 5.91 Å². The maximum Gasteiger partial charge on any atom is 0.322 e. The maximum absolute atomic E-state index is 12.5. The zero-order chi connectivity index (χ0) is 20.0. The van der Waals surface area contributed by atoms with E-state index in [-0.39, 0.29) is 17.7 Å². The molecule has 0 aromatic carbocycles. The Morgan fingerprint density at radius 3 is 2.15 bits per heavy atom. The van der Waals surface area contributed by atoms with E-state index in [1.165, 1.54) is 11.9 Å². The molecule has 1 heterocycles. The molecule has 3 atom stereocenters. The fourth-order valence-corrected chi connectivity index (χ4v) is 2.58. The minimum Gasteiger partial charge on any atom is -0.480 e. The van der Waals surface area contributed by atoms with Gasteiger partial charge in [0.1, 0.15) is 18.1 Å². The molecule has 0 aromatic heterocycles. The van der Waals surface area contributed by atoms with Gasteiger partial charge < -0.3 is 15.7 Å². The van der Waals surface area contributed by atoms with E-state index in [1.54, 1.807) is 27.7 Å². The number of nitrogens with one attached hydrogen (secondary N) is 3. The largest absolute Gasteiger partial charge is 0.480 e. The van der Waals surface area contributed by atoms with Gasteiger partial charge in [-0.15, -0.1) is 0 Å². The van der Waals surface area contributed by atoms with Crippen molar-refractivity contribution in [2.45, 2.75) is 65.6 Å². The fraction of sp³-hybridized carbons (Fsp3) is 0.765. The quantitative estimate of drug-likeness (QED) is 0.494. The molecule has 9 nitrogen and oxygen atoms in total. The molecule has 0 spiro atoms. The number of carboxylic acid groups (broad SMARTS) is 1. The van der Waals surface area contributed by atoms with Crippen LogP contribution in [0.4, 0.5) is 0 Å². The molecule has 0 aromatic rings. The Kier molecular flexibility index (Phi) is 8.01. The Hall–Kier alpha value is -2.16. The van der Waals surface area contributed by atoms with Gasteiger partial charge in [-0.2, -0.15) is 0 Å². The van der Waals surface area contributed by atoms with Crippen LogP contribution in [0.5, 0.6) is 0 Å². The number of hydrogen-bond acceptors (Lipinski definition) is 5. The molecule has 0 aliphatic carbocycles. The summed E-state index contributed by atoms with van der Waals surface area (Å²) in [5.74, 6) is -2.52. The number of carbonyl (C=O) groups excluding carboxylic acids is 3. The van der Waals surface area contributed by atoms with Crippen molar-refractivity contribution in [1.82, 2.24) is 21.1 Å². The average Bonchev–Trinajstić information content (AvgIpc) is 2.57. The Bertz CT molecular complexity index is 549. The standard InChI is InChI=1S/C17H30N4O5/c1-9(2)13(19-14(22)10(3)4)15(23)18-11(5)16(24)21-8-6-7-12(20-21)17(25)26/h9-13,20H,6-8H2,1-5H3,(H,18,23)(H,19,22)(H,25,26)/t11-,12-,13-/m0/s1. The summed E-state index contributed by atoms with van der Waals surface area (Å²) in [6.45, 7) is 8.99. The highest BCUT2D eigenvalue weighted by Gasteiger charge is 2.32. The summed E-state index contributed by atoms with van der Waals surface area (Å²) < 4.78 is 0. The fourth-order valence-electron chi connectivity index (χ4n) is 2.58. The van der Waals surface area contributed by atoms with Crippen molar-refractivity contribution < 1.29 is 24.3 Å². The molecule has 4 N–H and O–H groups in total. The van der Waals surface area contributed by atoms with Gasteiger partial charge in [0.2, 0.25) is 11.8 Å². The predicted octanol–water partition coefficient (Wildman–Crippen LogP) is -0.132. The third-order valence-electron chi connectivity index (χ3n) is 4.25. The summed E-state index contributed by atoms with van der Waals surface area (Å²) in [4.78, 5) is 48.0. The number of hydrogen-bond donors (Lipinski definition) is 4. The number of amides is 3. The van der Waals surface area contributed by atoms with E-state index in [9.17, 15) is 19.2 Å². The number of carbonyl (C=O) groups is 4. The van der Waals surface area contributed by atoms with E-state index in [4.69, 9.17) is 5.11 Å². The second kappa shape index (κ2) is 9.51. The second-order valence-corrected chi connectivity index (χ2v) is 7.27. The van der Waals surface area contributed by atoms with Crippen LogP contribution in [-0.2, 0) is 19.2 Å². The zero-order valence-corrected chi connectivity index (χ0v) is 16.0. The lowest BCUT2D eigenvalue weighted by Gasteiger charge is -2.34. The summed E-state index contributed by atoms with van der Waals surface area (Å²) in [5, 5.41) is 15.6. The maximum atomic E-state index is 12.5. The molecule has 1 rings (SSSR count). The summed E-state index contributed by atoms with van der Waals surface area (Å²) in [7, 11) is 0. The highest BCUT2D eigenvalue weighted by molar-refractivity contribution is 5.92. The van der Waals surface area contributed by atoms with E-state index in [0.717, 1.165) is 0 Å². The lowest BCUT2D eigenvalue weighted by atomic mass is 10.0. The molecule has 148 valence electrons. The Labute approximate surface area is 153 Å². The molecule has 1 aliphatic rings. The van der Waals surface area contributed by atoms with Crippen molar-refractivity contribution >= 4 is 23.7 Å². The highest BCUT2D eigenvalue weighted by Crippen LogP contribution is 2.10. The van der Waals surface area contributed by atoms with E-state index in [0.29, 0.717) is 19.4 Å². The first kappa shape index (κ1) is 21.9. The van der Waals surface area contributed by atoms with Crippen LogP contribution in [0.15, 0.2) is 0 Å². The van der Waals surface area contributed by atoms with Gasteiger partial charge >= 0.3 is 5.97 Å². The third-order valence-corrected chi connectivity index (χ3v) is 4.25. The van der Waals surface area contributed by atoms with Gasteiger partial charge in [-0.25, -0.2) is 5.43 Å². The molecule has 3 amide bonds. The van der Waals surface area contributed by atoms with Crippen molar-refractivity contribution in [3.8, 4) is 0 Å². The topological polar surface area (TPSA) is 128 Å². The van der Waals surface area contributed by atoms with Gasteiger partial charge in [0.15, 0.2) is 0 Å². The van der Waals surface area contributed by atoms with E-state index < -0.39 is 35.9 Å². The molecule has 1 saturated heterocycles. The number of carboxylic acids is 1. The number of nitrogens with zero attached hydrogens (tertiary/aromatic N) is 1. The molecule has 0 radical (unpaired) electrons. The van der Waals surface area contributed by atoms with Crippen LogP contribution in [-0.4, -0.2) is 58.5 Å². The molecule has 26 heavy (non-hydrogen) atoms. The van der Waals surface area contributed by atoms with Gasteiger partial charge in [0, 0.05) is 12.5 Å². The molecule has 0 saturated carbocycles. The predicted molar refractivity (Wildman–Crippen MR) is 94.7 cm³/mol. The smallest absolute Gasteiger partial charge is 0.322 e. The summed E-state index contributed by atoms with van der Waals surface area (Å²) >= 11 is 0. The van der Waals surface area contributed by atoms with Crippen LogP contribution >= 0.6 is 0 Å². The van der Waals surface area contributed by atoms with Crippen molar-refractivity contribution in [2.75, 3.05) is 6.54 Å². The molecule has 0 bridgehead atoms. The number of rotatable bonds is 7. The monoisotopic (exact) mass is 370 g/mol. The molecule has 1 fully saturated rings. The van der Waals surface area contributed by atoms with Crippen LogP contribution < -0.4 is 16.1 Å². The molecular formula is C17H30N4O5. The minimum atomic E-state index is -1.02. The minimum absolute atomic E-state index is 0.149. The van der Waals surface area contributed by atoms with Gasteiger partial charge in [-0.1, -0.05) is 27.7 Å². The molecule has 9 heteroatoms. The Morgan fingerprint density at radius 1 is 1.04 bits per heavy atom. The lowest BCUT2D eigenvalue weighted by molar-refractivity contribution is -0.148.